The maximum Gasteiger partial charge on any atom is 0.264 e. The number of nitrogens with zero attached hydrogens (tertiary/aromatic N) is 2. The Morgan fingerprint density at radius 2 is 1.57 bits per heavy atom. The largest absolute Gasteiger partial charge is 0.271 e. The number of amides is 1. The van der Waals surface area contributed by atoms with E-state index in [4.69, 9.17) is 11.6 Å². The molecule has 0 saturated carbocycles. The van der Waals surface area contributed by atoms with E-state index in [1.54, 1.807) is 36.4 Å². The van der Waals surface area contributed by atoms with Crippen LogP contribution in [0.15, 0.2) is 88.9 Å². The lowest BCUT2D eigenvalue weighted by Crippen LogP contribution is -2.40. The molecule has 0 aromatic heterocycles. The number of halogens is 1. The van der Waals surface area contributed by atoms with Crippen LogP contribution in [0.3, 0.4) is 0 Å². The number of carbonyl (C=O) groups is 1. The van der Waals surface area contributed by atoms with Gasteiger partial charge in [0.1, 0.15) is 6.54 Å². The van der Waals surface area contributed by atoms with Crippen molar-refractivity contribution in [2.75, 3.05) is 10.8 Å². The predicted molar refractivity (Wildman–Crippen MR) is 142 cm³/mol. The molecule has 0 aliphatic heterocycles. The molecule has 3 aromatic carbocycles. The van der Waals surface area contributed by atoms with Gasteiger partial charge < -0.3 is 0 Å². The van der Waals surface area contributed by atoms with Crippen LogP contribution < -0.4 is 9.73 Å². The molecular weight excluding hydrogens is 482 g/mol. The fourth-order valence-corrected chi connectivity index (χ4v) is 5.51. The van der Waals surface area contributed by atoms with Crippen molar-refractivity contribution in [3.05, 3.63) is 95.0 Å². The first kappa shape index (κ1) is 26.4. The molecule has 0 aliphatic carbocycles. The van der Waals surface area contributed by atoms with Gasteiger partial charge in [-0.25, -0.2) is 13.8 Å². The molecule has 8 heteroatoms. The van der Waals surface area contributed by atoms with Crippen LogP contribution in [-0.4, -0.2) is 26.6 Å². The quantitative estimate of drug-likeness (QED) is 0.295. The van der Waals surface area contributed by atoms with Gasteiger partial charge in [-0.15, -0.1) is 0 Å². The standard InChI is InChI=1S/C27H30ClN3O3S/c1-20-14-16-23(17-15-20)35(33,34)31(25-13-9-8-12-24(25)28)19-26(32)30-29-21(2)18-27(3,4)22-10-6-5-7-11-22/h5-17H,18-19H2,1-4H3,(H,30,32)/b29-21-. The van der Waals surface area contributed by atoms with E-state index in [1.807, 2.05) is 32.0 Å². The highest BCUT2D eigenvalue weighted by molar-refractivity contribution is 7.92. The number of hydrogen-bond acceptors (Lipinski definition) is 4. The van der Waals surface area contributed by atoms with E-state index in [9.17, 15) is 13.2 Å². The Labute approximate surface area is 212 Å². The third-order valence-electron chi connectivity index (χ3n) is 5.64. The van der Waals surface area contributed by atoms with Gasteiger partial charge in [-0.05, 0) is 55.5 Å². The molecule has 0 fully saturated rings. The second kappa shape index (κ2) is 11.1. The van der Waals surface area contributed by atoms with Gasteiger partial charge in [0.2, 0.25) is 0 Å². The molecule has 0 radical (unpaired) electrons. The predicted octanol–water partition coefficient (Wildman–Crippen LogP) is 5.70. The summed E-state index contributed by atoms with van der Waals surface area (Å²) in [5.41, 5.74) is 5.35. The Morgan fingerprint density at radius 3 is 2.20 bits per heavy atom. The van der Waals surface area contributed by atoms with Crippen molar-refractivity contribution in [1.82, 2.24) is 5.43 Å². The van der Waals surface area contributed by atoms with E-state index in [-0.39, 0.29) is 21.0 Å². The minimum absolute atomic E-state index is 0.0695. The summed E-state index contributed by atoms with van der Waals surface area (Å²) in [7, 11) is -4.05. The number of nitrogens with one attached hydrogen (secondary N) is 1. The monoisotopic (exact) mass is 511 g/mol. The minimum Gasteiger partial charge on any atom is -0.271 e. The average Bonchev–Trinajstić information content (AvgIpc) is 2.82. The summed E-state index contributed by atoms with van der Waals surface area (Å²) in [5, 5.41) is 4.46. The van der Waals surface area contributed by atoms with Crippen LogP contribution in [0.4, 0.5) is 5.69 Å². The van der Waals surface area contributed by atoms with Crippen molar-refractivity contribution >= 4 is 38.9 Å². The molecular formula is C27H30ClN3O3S. The number of anilines is 1. The average molecular weight is 512 g/mol. The van der Waals surface area contributed by atoms with E-state index in [0.717, 1.165) is 21.1 Å². The molecule has 0 atom stereocenters. The molecule has 0 aliphatic rings. The highest BCUT2D eigenvalue weighted by atomic mass is 35.5. The van der Waals surface area contributed by atoms with Crippen molar-refractivity contribution in [3.63, 3.8) is 0 Å². The molecule has 1 amide bonds. The van der Waals surface area contributed by atoms with E-state index < -0.39 is 22.5 Å². The summed E-state index contributed by atoms with van der Waals surface area (Å²) in [4.78, 5) is 12.9. The van der Waals surface area contributed by atoms with Crippen LogP contribution in [0, 0.1) is 6.92 Å². The molecule has 0 bridgehead atoms. The van der Waals surface area contributed by atoms with E-state index in [0.29, 0.717) is 6.42 Å². The first-order valence-electron chi connectivity index (χ1n) is 11.2. The maximum absolute atomic E-state index is 13.5. The van der Waals surface area contributed by atoms with Crippen LogP contribution in [0.1, 0.15) is 38.3 Å². The zero-order chi connectivity index (χ0) is 25.6. The molecule has 35 heavy (non-hydrogen) atoms. The topological polar surface area (TPSA) is 78.8 Å². The number of hydrogen-bond donors (Lipinski definition) is 1. The highest BCUT2D eigenvalue weighted by Gasteiger charge is 2.29. The molecule has 0 spiro atoms. The molecule has 3 rings (SSSR count). The molecule has 0 unspecified atom stereocenters. The fraction of sp³-hybridized carbons (Fsp3) is 0.259. The lowest BCUT2D eigenvalue weighted by atomic mass is 9.80. The van der Waals surface area contributed by atoms with E-state index in [1.165, 1.54) is 12.1 Å². The molecule has 1 N–H and O–H groups in total. The smallest absolute Gasteiger partial charge is 0.264 e. The number of carbonyl (C=O) groups excluding carboxylic acids is 1. The lowest BCUT2D eigenvalue weighted by molar-refractivity contribution is -0.119. The SMILES string of the molecule is C/C(CC(C)(C)c1ccccc1)=N/NC(=O)CN(c1ccccc1Cl)S(=O)(=O)c1ccc(C)cc1. The third-order valence-corrected chi connectivity index (χ3v) is 7.74. The number of para-hydroxylation sites is 1. The molecule has 184 valence electrons. The van der Waals surface area contributed by atoms with Crippen molar-refractivity contribution in [3.8, 4) is 0 Å². The Morgan fingerprint density at radius 1 is 0.971 bits per heavy atom. The van der Waals surface area contributed by atoms with Gasteiger partial charge in [-0.2, -0.15) is 5.10 Å². The molecule has 0 saturated heterocycles. The Bertz CT molecular complexity index is 1310. The van der Waals surface area contributed by atoms with Gasteiger partial charge in [-0.1, -0.05) is 85.6 Å². The zero-order valence-electron chi connectivity index (χ0n) is 20.3. The summed E-state index contributed by atoms with van der Waals surface area (Å²) in [6.45, 7) is 7.45. The van der Waals surface area contributed by atoms with Crippen molar-refractivity contribution in [2.24, 2.45) is 5.10 Å². The van der Waals surface area contributed by atoms with Crippen LogP contribution in [0.25, 0.3) is 0 Å². The maximum atomic E-state index is 13.5. The summed E-state index contributed by atoms with van der Waals surface area (Å²) < 4.78 is 27.9. The first-order chi connectivity index (χ1) is 16.5. The van der Waals surface area contributed by atoms with Gasteiger partial charge in [-0.3, -0.25) is 9.10 Å². The van der Waals surface area contributed by atoms with Gasteiger partial charge in [0.25, 0.3) is 15.9 Å². The first-order valence-corrected chi connectivity index (χ1v) is 13.0. The molecule has 3 aromatic rings. The Balaban J connectivity index is 1.81. The van der Waals surface area contributed by atoms with Gasteiger partial charge in [0.05, 0.1) is 15.6 Å². The Kier molecular flexibility index (Phi) is 8.35. The molecule has 0 heterocycles. The highest BCUT2D eigenvalue weighted by Crippen LogP contribution is 2.30. The van der Waals surface area contributed by atoms with Gasteiger partial charge in [0, 0.05) is 5.71 Å². The summed E-state index contributed by atoms with van der Waals surface area (Å²) >= 11 is 6.31. The normalized spacial score (nSPS) is 12.3. The third kappa shape index (κ3) is 6.71. The van der Waals surface area contributed by atoms with Gasteiger partial charge in [0.15, 0.2) is 0 Å². The van der Waals surface area contributed by atoms with E-state index >= 15 is 0 Å². The fourth-order valence-electron chi connectivity index (χ4n) is 3.79. The second-order valence-corrected chi connectivity index (χ2v) is 11.4. The van der Waals surface area contributed by atoms with Crippen molar-refractivity contribution in [2.45, 2.75) is 44.4 Å². The summed E-state index contributed by atoms with van der Waals surface area (Å²) in [6.07, 6.45) is 0.618. The lowest BCUT2D eigenvalue weighted by Gasteiger charge is -2.25. The van der Waals surface area contributed by atoms with Crippen LogP contribution in [0.5, 0.6) is 0 Å². The zero-order valence-corrected chi connectivity index (χ0v) is 21.9. The number of rotatable bonds is 9. The van der Waals surface area contributed by atoms with Crippen LogP contribution >= 0.6 is 11.6 Å². The minimum atomic E-state index is -4.05. The summed E-state index contributed by atoms with van der Waals surface area (Å²) in [5.74, 6) is -0.572. The van der Waals surface area contributed by atoms with Crippen molar-refractivity contribution < 1.29 is 13.2 Å². The van der Waals surface area contributed by atoms with Crippen LogP contribution in [-0.2, 0) is 20.2 Å². The number of sulfonamides is 1. The van der Waals surface area contributed by atoms with E-state index in [2.05, 4.69) is 36.5 Å². The van der Waals surface area contributed by atoms with Crippen molar-refractivity contribution in [1.29, 1.82) is 0 Å². The number of hydrazone groups is 1. The summed E-state index contributed by atoms with van der Waals surface area (Å²) in [6, 6.07) is 23.0. The van der Waals surface area contributed by atoms with Gasteiger partial charge >= 0.3 is 0 Å². The molecule has 6 nitrogen and oxygen atoms in total. The number of benzene rings is 3. The number of aryl methyl sites for hydroxylation is 1. The Hall–Kier alpha value is -3.16. The van der Waals surface area contributed by atoms with Crippen LogP contribution in [0.2, 0.25) is 5.02 Å². The second-order valence-electron chi connectivity index (χ2n) is 9.08.